The molecule has 9 nitrogen and oxygen atoms in total. The smallest absolute Gasteiger partial charge is 0.331 e. The molecule has 1 saturated heterocycles. The monoisotopic (exact) mass is 496 g/mol. The number of sulfone groups is 1. The van der Waals surface area contributed by atoms with Crippen molar-refractivity contribution in [2.75, 3.05) is 11.5 Å². The molecule has 0 N–H and O–H groups in total. The van der Waals surface area contributed by atoms with Crippen molar-refractivity contribution < 1.29 is 22.4 Å². The second-order valence-electron chi connectivity index (χ2n) is 7.24. The van der Waals surface area contributed by atoms with Crippen LogP contribution in [0.3, 0.4) is 0 Å². The van der Waals surface area contributed by atoms with Gasteiger partial charge in [-0.15, -0.1) is 10.2 Å². The van der Waals surface area contributed by atoms with Crippen LogP contribution in [0.25, 0.3) is 17.5 Å². The standard InChI is InChI=1S/C20H18Cl2N4O5S/c1-12-16(19(22)26(25-12)15-8-9-32(28,29)11-15)6-7-18(27)30-10-17-23-24-20(31-17)13-2-4-14(21)5-3-13/h2-7,15H,8-11H2,1H3/b7-6+/t15-/m1/s1. The number of carbonyl (C=O) groups excluding carboxylic acids is 1. The van der Waals surface area contributed by atoms with Gasteiger partial charge in [0.1, 0.15) is 5.15 Å². The van der Waals surface area contributed by atoms with Gasteiger partial charge in [-0.25, -0.2) is 17.9 Å². The summed E-state index contributed by atoms with van der Waals surface area (Å²) in [7, 11) is -3.08. The predicted molar refractivity (Wildman–Crippen MR) is 118 cm³/mol. The number of aryl methyl sites for hydroxylation is 1. The molecule has 0 radical (unpaired) electrons. The van der Waals surface area contributed by atoms with E-state index in [0.29, 0.717) is 28.3 Å². The lowest BCUT2D eigenvalue weighted by molar-refractivity contribution is -0.139. The average molecular weight is 497 g/mol. The van der Waals surface area contributed by atoms with Gasteiger partial charge < -0.3 is 9.15 Å². The van der Waals surface area contributed by atoms with Crippen LogP contribution in [0.5, 0.6) is 0 Å². The summed E-state index contributed by atoms with van der Waals surface area (Å²) in [6, 6.07) is 6.56. The van der Waals surface area contributed by atoms with Crippen LogP contribution in [0.4, 0.5) is 0 Å². The minimum absolute atomic E-state index is 0.00122. The molecule has 0 unspecified atom stereocenters. The maximum Gasteiger partial charge on any atom is 0.331 e. The van der Waals surface area contributed by atoms with Gasteiger partial charge in [0.05, 0.1) is 23.2 Å². The molecule has 0 bridgehead atoms. The number of benzene rings is 1. The molecule has 12 heteroatoms. The SMILES string of the molecule is Cc1nn([C@@H]2CCS(=O)(=O)C2)c(Cl)c1/C=C/C(=O)OCc1nnc(-c2ccc(Cl)cc2)o1. The molecule has 1 aliphatic rings. The van der Waals surface area contributed by atoms with Crippen molar-refractivity contribution in [3.63, 3.8) is 0 Å². The first kappa shape index (κ1) is 22.5. The minimum atomic E-state index is -3.08. The third-order valence-corrected chi connectivity index (χ3v) is 7.29. The number of ether oxygens (including phenoxy) is 1. The van der Waals surface area contributed by atoms with Gasteiger partial charge in [-0.2, -0.15) is 5.10 Å². The van der Waals surface area contributed by atoms with Crippen molar-refractivity contribution in [2.45, 2.75) is 26.0 Å². The van der Waals surface area contributed by atoms with Gasteiger partial charge in [-0.3, -0.25) is 0 Å². The van der Waals surface area contributed by atoms with E-state index in [1.54, 1.807) is 31.2 Å². The van der Waals surface area contributed by atoms with E-state index in [1.165, 1.54) is 16.8 Å². The normalized spacial score (nSPS) is 17.8. The first-order chi connectivity index (χ1) is 15.2. The van der Waals surface area contributed by atoms with Crippen LogP contribution < -0.4 is 0 Å². The van der Waals surface area contributed by atoms with Gasteiger partial charge in [0, 0.05) is 22.2 Å². The highest BCUT2D eigenvalue weighted by molar-refractivity contribution is 7.91. The Hall–Kier alpha value is -2.69. The van der Waals surface area contributed by atoms with Crippen LogP contribution in [0.15, 0.2) is 34.8 Å². The van der Waals surface area contributed by atoms with Gasteiger partial charge in [0.2, 0.25) is 5.89 Å². The van der Waals surface area contributed by atoms with Crippen LogP contribution in [0.2, 0.25) is 10.2 Å². The van der Waals surface area contributed by atoms with E-state index in [0.717, 1.165) is 0 Å². The van der Waals surface area contributed by atoms with Crippen molar-refractivity contribution in [1.29, 1.82) is 0 Å². The lowest BCUT2D eigenvalue weighted by atomic mass is 10.2. The van der Waals surface area contributed by atoms with Crippen molar-refractivity contribution in [3.05, 3.63) is 57.7 Å². The number of hydrogen-bond acceptors (Lipinski definition) is 8. The molecular weight excluding hydrogens is 479 g/mol. The molecule has 0 aliphatic carbocycles. The van der Waals surface area contributed by atoms with Crippen molar-refractivity contribution in [1.82, 2.24) is 20.0 Å². The van der Waals surface area contributed by atoms with E-state index in [1.807, 2.05) is 0 Å². The number of carbonyl (C=O) groups is 1. The summed E-state index contributed by atoms with van der Waals surface area (Å²) in [5.74, 6) is -0.0998. The second-order valence-corrected chi connectivity index (χ2v) is 10.3. The van der Waals surface area contributed by atoms with E-state index in [4.69, 9.17) is 32.4 Å². The van der Waals surface area contributed by atoms with Gasteiger partial charge in [0.25, 0.3) is 5.89 Å². The number of rotatable bonds is 6. The molecule has 3 aromatic rings. The molecule has 0 saturated carbocycles. The molecule has 168 valence electrons. The molecule has 2 aromatic heterocycles. The molecule has 3 heterocycles. The van der Waals surface area contributed by atoms with Crippen molar-refractivity contribution >= 4 is 45.1 Å². The highest BCUT2D eigenvalue weighted by Crippen LogP contribution is 2.30. The van der Waals surface area contributed by atoms with Gasteiger partial charge >= 0.3 is 5.97 Å². The number of hydrogen-bond donors (Lipinski definition) is 0. The highest BCUT2D eigenvalue weighted by atomic mass is 35.5. The molecule has 32 heavy (non-hydrogen) atoms. The second kappa shape index (κ2) is 9.05. The fraction of sp³-hybridized carbons (Fsp3) is 0.300. The first-order valence-electron chi connectivity index (χ1n) is 9.60. The molecule has 0 spiro atoms. The zero-order chi connectivity index (χ0) is 22.9. The first-order valence-corrected chi connectivity index (χ1v) is 12.2. The Labute approximate surface area is 193 Å². The number of halogens is 2. The molecule has 1 aliphatic heterocycles. The van der Waals surface area contributed by atoms with Crippen LogP contribution in [0, 0.1) is 6.92 Å². The zero-order valence-corrected chi connectivity index (χ0v) is 19.2. The van der Waals surface area contributed by atoms with Crippen LogP contribution >= 0.6 is 23.2 Å². The van der Waals surface area contributed by atoms with Gasteiger partial charge in [0.15, 0.2) is 16.4 Å². The van der Waals surface area contributed by atoms with Crippen molar-refractivity contribution in [3.8, 4) is 11.5 Å². The fourth-order valence-corrected chi connectivity index (χ4v) is 5.48. The molecule has 0 amide bonds. The topological polar surface area (TPSA) is 117 Å². The Bertz CT molecular complexity index is 1280. The zero-order valence-electron chi connectivity index (χ0n) is 16.9. The molecule has 4 rings (SSSR count). The van der Waals surface area contributed by atoms with Gasteiger partial charge in [-0.1, -0.05) is 23.2 Å². The molecule has 1 aromatic carbocycles. The summed E-state index contributed by atoms with van der Waals surface area (Å²) >= 11 is 12.3. The lowest BCUT2D eigenvalue weighted by Crippen LogP contribution is -2.12. The lowest BCUT2D eigenvalue weighted by Gasteiger charge is -2.09. The maximum absolute atomic E-state index is 12.1. The number of aromatic nitrogens is 4. The Balaban J connectivity index is 1.38. The Morgan fingerprint density at radius 3 is 2.72 bits per heavy atom. The number of nitrogens with zero attached hydrogens (tertiary/aromatic N) is 4. The third kappa shape index (κ3) is 5.03. The summed E-state index contributed by atoms with van der Waals surface area (Å²) in [6.45, 7) is 1.53. The maximum atomic E-state index is 12.1. The summed E-state index contributed by atoms with van der Waals surface area (Å²) in [5.41, 5.74) is 1.79. The Kier molecular flexibility index (Phi) is 6.36. The van der Waals surface area contributed by atoms with Crippen LogP contribution in [-0.4, -0.2) is 45.9 Å². The summed E-state index contributed by atoms with van der Waals surface area (Å²) in [4.78, 5) is 12.1. The van der Waals surface area contributed by atoms with E-state index in [9.17, 15) is 13.2 Å². The Morgan fingerprint density at radius 1 is 1.28 bits per heavy atom. The van der Waals surface area contributed by atoms with Crippen LogP contribution in [-0.2, 0) is 26.0 Å². The molecular formula is C20H18Cl2N4O5S. The summed E-state index contributed by atoms with van der Waals surface area (Å²) in [5, 5.41) is 13.0. The average Bonchev–Trinajstić information content (AvgIpc) is 3.43. The van der Waals surface area contributed by atoms with Crippen LogP contribution in [0.1, 0.15) is 29.6 Å². The Morgan fingerprint density at radius 2 is 2.03 bits per heavy atom. The fourth-order valence-electron chi connectivity index (χ4n) is 3.29. The van der Waals surface area contributed by atoms with Crippen molar-refractivity contribution in [2.24, 2.45) is 0 Å². The van der Waals surface area contributed by atoms with E-state index in [2.05, 4.69) is 15.3 Å². The quantitative estimate of drug-likeness (QED) is 0.374. The highest BCUT2D eigenvalue weighted by Gasteiger charge is 2.31. The summed E-state index contributed by atoms with van der Waals surface area (Å²) in [6.07, 6.45) is 3.15. The molecule has 1 fully saturated rings. The molecule has 1 atom stereocenters. The van der Waals surface area contributed by atoms with E-state index in [-0.39, 0.29) is 41.1 Å². The largest absolute Gasteiger partial charge is 0.452 e. The predicted octanol–water partition coefficient (Wildman–Crippen LogP) is 3.66. The number of esters is 1. The van der Waals surface area contributed by atoms with E-state index >= 15 is 0 Å². The van der Waals surface area contributed by atoms with Gasteiger partial charge in [-0.05, 0) is 43.7 Å². The minimum Gasteiger partial charge on any atom is -0.452 e. The van der Waals surface area contributed by atoms with E-state index < -0.39 is 15.8 Å². The summed E-state index contributed by atoms with van der Waals surface area (Å²) < 4.78 is 35.6. The third-order valence-electron chi connectivity index (χ3n) is 4.91.